The Balaban J connectivity index is 2.39. The van der Waals surface area contributed by atoms with E-state index in [-0.39, 0.29) is 0 Å². The van der Waals surface area contributed by atoms with E-state index < -0.39 is 6.10 Å². The summed E-state index contributed by atoms with van der Waals surface area (Å²) >= 11 is 10.5. The Morgan fingerprint density at radius 3 is 2.88 bits per heavy atom. The van der Waals surface area contributed by atoms with Crippen LogP contribution in [0.1, 0.15) is 16.5 Å². The fraction of sp³-hybridized carbons (Fsp3) is 0.100. The van der Waals surface area contributed by atoms with Crippen molar-refractivity contribution in [1.82, 2.24) is 4.98 Å². The maximum Gasteiger partial charge on any atom is 0.129 e. The summed E-state index contributed by atoms with van der Waals surface area (Å²) < 4.78 is 1.38. The molecule has 1 unspecified atom stereocenters. The quantitative estimate of drug-likeness (QED) is 0.893. The van der Waals surface area contributed by atoms with Gasteiger partial charge < -0.3 is 10.8 Å². The topological polar surface area (TPSA) is 59.1 Å². The first-order chi connectivity index (χ1) is 7.59. The van der Waals surface area contributed by atoms with Crippen LogP contribution in [-0.4, -0.2) is 10.1 Å². The zero-order valence-corrected chi connectivity index (χ0v) is 11.2. The number of anilines is 1. The summed E-state index contributed by atoms with van der Waals surface area (Å²) in [7, 11) is 0. The Labute approximate surface area is 110 Å². The lowest BCUT2D eigenvalue weighted by Crippen LogP contribution is -2.03. The highest BCUT2D eigenvalue weighted by Crippen LogP contribution is 2.38. The summed E-state index contributed by atoms with van der Waals surface area (Å²) in [4.78, 5) is 4.67. The first kappa shape index (κ1) is 11.9. The zero-order valence-electron chi connectivity index (χ0n) is 8.02. The van der Waals surface area contributed by atoms with Crippen LogP contribution in [0.3, 0.4) is 0 Å². The molecule has 3 N–H and O–H groups in total. The SMILES string of the molecule is Nc1ncccc1C(O)c1cc(Br)c(Cl)s1. The zero-order chi connectivity index (χ0) is 11.7. The Morgan fingerprint density at radius 2 is 2.31 bits per heavy atom. The molecule has 0 amide bonds. The van der Waals surface area contributed by atoms with Crippen molar-refractivity contribution in [1.29, 1.82) is 0 Å². The number of pyridine rings is 1. The van der Waals surface area contributed by atoms with Gasteiger partial charge in [-0.3, -0.25) is 0 Å². The van der Waals surface area contributed by atoms with Crippen molar-refractivity contribution >= 4 is 44.7 Å². The second-order valence-corrected chi connectivity index (χ2v) is 5.69. The smallest absolute Gasteiger partial charge is 0.129 e. The fourth-order valence-corrected chi connectivity index (χ4v) is 3.05. The third kappa shape index (κ3) is 2.22. The summed E-state index contributed by atoms with van der Waals surface area (Å²) in [6.45, 7) is 0. The van der Waals surface area contributed by atoms with Crippen LogP contribution >= 0.6 is 38.9 Å². The van der Waals surface area contributed by atoms with E-state index >= 15 is 0 Å². The molecule has 0 bridgehead atoms. The van der Waals surface area contributed by atoms with Crippen molar-refractivity contribution in [3.05, 3.63) is 43.6 Å². The molecule has 2 aromatic heterocycles. The number of hydrogen-bond acceptors (Lipinski definition) is 4. The summed E-state index contributed by atoms with van der Waals surface area (Å²) in [5.74, 6) is 0.329. The van der Waals surface area contributed by atoms with E-state index in [9.17, 15) is 5.11 Å². The molecule has 1 atom stereocenters. The molecule has 0 fully saturated rings. The third-order valence-corrected chi connectivity index (χ3v) is 4.63. The van der Waals surface area contributed by atoms with Gasteiger partial charge in [0.2, 0.25) is 0 Å². The van der Waals surface area contributed by atoms with E-state index in [0.29, 0.717) is 15.7 Å². The molecule has 0 aliphatic carbocycles. The van der Waals surface area contributed by atoms with Gasteiger partial charge in [-0.2, -0.15) is 0 Å². The summed E-state index contributed by atoms with van der Waals surface area (Å²) in [5.41, 5.74) is 6.28. The molecule has 2 aromatic rings. The molecule has 2 heterocycles. The standard InChI is InChI=1S/C10H8BrClN2OS/c11-6-4-7(16-9(6)12)8(15)5-2-1-3-14-10(5)13/h1-4,8,15H,(H2,13,14). The van der Waals surface area contributed by atoms with Gasteiger partial charge in [0.15, 0.2) is 0 Å². The summed E-state index contributed by atoms with van der Waals surface area (Å²) in [6, 6.07) is 5.26. The van der Waals surface area contributed by atoms with Gasteiger partial charge in [-0.25, -0.2) is 4.98 Å². The summed E-state index contributed by atoms with van der Waals surface area (Å²) in [6.07, 6.45) is 0.797. The number of rotatable bonds is 2. The van der Waals surface area contributed by atoms with Crippen LogP contribution in [0, 0.1) is 0 Å². The van der Waals surface area contributed by atoms with Gasteiger partial charge in [-0.15, -0.1) is 11.3 Å². The minimum atomic E-state index is -0.789. The van der Waals surface area contributed by atoms with E-state index in [4.69, 9.17) is 17.3 Å². The number of nitrogen functional groups attached to an aromatic ring is 1. The molecule has 0 spiro atoms. The molecule has 0 saturated carbocycles. The largest absolute Gasteiger partial charge is 0.383 e. The normalized spacial score (nSPS) is 12.7. The molecule has 0 radical (unpaired) electrons. The third-order valence-electron chi connectivity index (χ3n) is 2.10. The number of nitrogens with two attached hydrogens (primary N) is 1. The van der Waals surface area contributed by atoms with Crippen molar-refractivity contribution < 1.29 is 5.11 Å². The molecule has 0 saturated heterocycles. The van der Waals surface area contributed by atoms with E-state index in [0.717, 1.165) is 9.35 Å². The molecular formula is C10H8BrClN2OS. The van der Waals surface area contributed by atoms with Crippen LogP contribution in [-0.2, 0) is 0 Å². The first-order valence-corrected chi connectivity index (χ1v) is 6.41. The molecule has 84 valence electrons. The lowest BCUT2D eigenvalue weighted by Gasteiger charge is -2.10. The highest BCUT2D eigenvalue weighted by Gasteiger charge is 2.17. The average molecular weight is 320 g/mol. The Kier molecular flexibility index (Phi) is 3.49. The number of aliphatic hydroxyl groups is 1. The van der Waals surface area contributed by atoms with Crippen molar-refractivity contribution in [3.63, 3.8) is 0 Å². The van der Waals surface area contributed by atoms with Crippen LogP contribution < -0.4 is 5.73 Å². The van der Waals surface area contributed by atoms with Crippen molar-refractivity contribution in [3.8, 4) is 0 Å². The number of thiophene rings is 1. The van der Waals surface area contributed by atoms with Crippen LogP contribution in [0.4, 0.5) is 5.82 Å². The highest BCUT2D eigenvalue weighted by atomic mass is 79.9. The maximum atomic E-state index is 10.1. The fourth-order valence-electron chi connectivity index (χ4n) is 1.31. The lowest BCUT2D eigenvalue weighted by molar-refractivity contribution is 0.224. The van der Waals surface area contributed by atoms with Gasteiger partial charge in [0.25, 0.3) is 0 Å². The van der Waals surface area contributed by atoms with Gasteiger partial charge in [0.1, 0.15) is 16.3 Å². The number of aliphatic hydroxyl groups excluding tert-OH is 1. The van der Waals surface area contributed by atoms with Gasteiger partial charge in [0.05, 0.1) is 0 Å². The number of hydrogen-bond donors (Lipinski definition) is 2. The Hall–Kier alpha value is -0.620. The lowest BCUT2D eigenvalue weighted by atomic mass is 10.1. The molecule has 0 aliphatic heterocycles. The van der Waals surface area contributed by atoms with Gasteiger partial charge >= 0.3 is 0 Å². The number of halogens is 2. The molecule has 0 aliphatic rings. The second kappa shape index (κ2) is 4.71. The number of nitrogens with zero attached hydrogens (tertiary/aromatic N) is 1. The van der Waals surface area contributed by atoms with E-state index in [1.807, 2.05) is 0 Å². The predicted molar refractivity (Wildman–Crippen MR) is 69.7 cm³/mol. The van der Waals surface area contributed by atoms with E-state index in [2.05, 4.69) is 20.9 Å². The molecule has 6 heteroatoms. The monoisotopic (exact) mass is 318 g/mol. The predicted octanol–water partition coefficient (Wildman–Crippen LogP) is 3.22. The Morgan fingerprint density at radius 1 is 1.56 bits per heavy atom. The van der Waals surface area contributed by atoms with Crippen molar-refractivity contribution in [2.45, 2.75) is 6.10 Å². The van der Waals surface area contributed by atoms with Crippen LogP contribution in [0.5, 0.6) is 0 Å². The van der Waals surface area contributed by atoms with Gasteiger partial charge in [-0.05, 0) is 28.1 Å². The molecule has 3 nitrogen and oxygen atoms in total. The highest BCUT2D eigenvalue weighted by molar-refractivity contribution is 9.10. The van der Waals surface area contributed by atoms with Gasteiger partial charge in [0, 0.05) is 21.1 Å². The molecular weight excluding hydrogens is 312 g/mol. The minimum Gasteiger partial charge on any atom is -0.383 e. The van der Waals surface area contributed by atoms with Crippen LogP contribution in [0.25, 0.3) is 0 Å². The van der Waals surface area contributed by atoms with Crippen LogP contribution in [0.15, 0.2) is 28.9 Å². The summed E-state index contributed by atoms with van der Waals surface area (Å²) in [5, 5.41) is 10.1. The Bertz CT molecular complexity index is 498. The van der Waals surface area contributed by atoms with Crippen molar-refractivity contribution in [2.75, 3.05) is 5.73 Å². The van der Waals surface area contributed by atoms with Crippen LogP contribution in [0.2, 0.25) is 4.34 Å². The average Bonchev–Trinajstić information content (AvgIpc) is 2.59. The van der Waals surface area contributed by atoms with E-state index in [1.54, 1.807) is 24.4 Å². The maximum absolute atomic E-state index is 10.1. The second-order valence-electron chi connectivity index (χ2n) is 3.15. The first-order valence-electron chi connectivity index (χ1n) is 4.42. The van der Waals surface area contributed by atoms with E-state index in [1.165, 1.54) is 11.3 Å². The molecule has 2 rings (SSSR count). The minimum absolute atomic E-state index is 0.329. The molecule has 0 aromatic carbocycles. The number of aromatic nitrogens is 1. The van der Waals surface area contributed by atoms with Gasteiger partial charge in [-0.1, -0.05) is 17.7 Å². The molecule has 16 heavy (non-hydrogen) atoms. The van der Waals surface area contributed by atoms with Crippen molar-refractivity contribution in [2.24, 2.45) is 0 Å².